The molecule has 0 saturated heterocycles. The smallest absolute Gasteiger partial charge is 0.326 e. The fourth-order valence-corrected chi connectivity index (χ4v) is 4.36. The first-order chi connectivity index (χ1) is 19.5. The Morgan fingerprint density at radius 1 is 0.902 bits per heavy atom. The summed E-state index contributed by atoms with van der Waals surface area (Å²) in [6, 6.07) is 10.00. The van der Waals surface area contributed by atoms with E-state index < -0.39 is 41.8 Å². The average molecular weight is 566 g/mol. The van der Waals surface area contributed by atoms with Crippen LogP contribution in [0.3, 0.4) is 0 Å². The number of nitrogens with zero attached hydrogens (tertiary/aromatic N) is 1. The first-order valence-corrected chi connectivity index (χ1v) is 13.0. The molecule has 3 aromatic rings. The Morgan fingerprint density at radius 2 is 1.56 bits per heavy atom. The van der Waals surface area contributed by atoms with E-state index in [1.807, 2.05) is 24.3 Å². The minimum atomic E-state index is -1.30. The molecule has 1 heterocycles. The summed E-state index contributed by atoms with van der Waals surface area (Å²) in [5.74, 6) is -3.14. The summed E-state index contributed by atoms with van der Waals surface area (Å²) in [6.07, 6.45) is 2.26. The molecule has 1 aromatic heterocycles. The van der Waals surface area contributed by atoms with Crippen molar-refractivity contribution in [2.24, 2.45) is 16.5 Å². The van der Waals surface area contributed by atoms with Gasteiger partial charge in [0.1, 0.15) is 23.9 Å². The predicted octanol–water partition coefficient (Wildman–Crippen LogP) is 0.271. The lowest BCUT2D eigenvalue weighted by Gasteiger charge is -2.24. The van der Waals surface area contributed by atoms with Crippen molar-refractivity contribution < 1.29 is 29.4 Å². The van der Waals surface area contributed by atoms with Gasteiger partial charge in [-0.2, -0.15) is 0 Å². The van der Waals surface area contributed by atoms with E-state index in [9.17, 15) is 29.4 Å². The second-order valence-corrected chi connectivity index (χ2v) is 9.60. The van der Waals surface area contributed by atoms with Crippen LogP contribution in [0.5, 0.6) is 5.75 Å². The van der Waals surface area contributed by atoms with Crippen molar-refractivity contribution in [3.8, 4) is 5.75 Å². The van der Waals surface area contributed by atoms with Crippen LogP contribution in [0.4, 0.5) is 0 Å². The number of phenolic OH excluding ortho intramolecular Hbond substituents is 1. The van der Waals surface area contributed by atoms with Gasteiger partial charge in [-0.1, -0.05) is 30.3 Å². The Bertz CT molecular complexity index is 1400. The highest BCUT2D eigenvalue weighted by Gasteiger charge is 2.29. The van der Waals surface area contributed by atoms with Gasteiger partial charge in [-0.25, -0.2) is 4.79 Å². The van der Waals surface area contributed by atoms with Gasteiger partial charge in [0.15, 0.2) is 5.96 Å². The summed E-state index contributed by atoms with van der Waals surface area (Å²) in [5, 5.41) is 27.9. The third-order valence-corrected chi connectivity index (χ3v) is 6.36. The molecule has 0 spiro atoms. The van der Waals surface area contributed by atoms with Crippen LogP contribution in [0.1, 0.15) is 30.9 Å². The molecule has 10 N–H and O–H groups in total. The maximum absolute atomic E-state index is 13.4. The van der Waals surface area contributed by atoms with Crippen LogP contribution in [0, 0.1) is 0 Å². The highest BCUT2D eigenvalue weighted by atomic mass is 16.4. The number of phenols is 1. The van der Waals surface area contributed by atoms with Gasteiger partial charge in [0, 0.05) is 43.4 Å². The standard InChI is InChI=1S/C28H35N7O6/c1-16(36)33-23(14-18-15-32-21-6-3-2-5-20(18)21)26(39)34-22(7-4-12-31-28(29)30)25(38)35-24(27(40)41)13-17-8-10-19(37)11-9-17/h2-3,5-6,8-11,15,22-24,32,37H,4,7,12-14H2,1H3,(H,33,36)(H,34,39)(H,35,38)(H,40,41)(H4,29,30,31). The zero-order valence-corrected chi connectivity index (χ0v) is 22.6. The number of rotatable bonds is 14. The molecule has 0 saturated carbocycles. The molecule has 3 amide bonds. The summed E-state index contributed by atoms with van der Waals surface area (Å²) in [5.41, 5.74) is 13.0. The lowest BCUT2D eigenvalue weighted by atomic mass is 10.0. The van der Waals surface area contributed by atoms with Crippen LogP contribution >= 0.6 is 0 Å². The molecule has 3 rings (SSSR count). The molecule has 13 heteroatoms. The largest absolute Gasteiger partial charge is 0.508 e. The van der Waals surface area contributed by atoms with Crippen molar-refractivity contribution >= 4 is 40.6 Å². The number of hydrogen-bond donors (Lipinski definition) is 8. The van der Waals surface area contributed by atoms with Crippen LogP contribution in [0.2, 0.25) is 0 Å². The SMILES string of the molecule is CC(=O)NC(Cc1c[nH]c2ccccc12)C(=O)NC(CCCN=C(N)N)C(=O)NC(Cc1ccc(O)cc1)C(=O)O. The molecule has 0 bridgehead atoms. The summed E-state index contributed by atoms with van der Waals surface area (Å²) >= 11 is 0. The average Bonchev–Trinajstić information content (AvgIpc) is 3.33. The molecule has 41 heavy (non-hydrogen) atoms. The summed E-state index contributed by atoms with van der Waals surface area (Å²) in [4.78, 5) is 57.7. The van der Waals surface area contributed by atoms with Crippen LogP contribution < -0.4 is 27.4 Å². The van der Waals surface area contributed by atoms with E-state index in [1.54, 1.807) is 18.3 Å². The number of aromatic nitrogens is 1. The van der Waals surface area contributed by atoms with Crippen LogP contribution in [-0.2, 0) is 32.0 Å². The Balaban J connectivity index is 1.78. The zero-order valence-electron chi connectivity index (χ0n) is 22.6. The first kappa shape index (κ1) is 30.5. The molecule has 0 aliphatic carbocycles. The number of carbonyl (C=O) groups excluding carboxylic acids is 3. The second-order valence-electron chi connectivity index (χ2n) is 9.60. The van der Waals surface area contributed by atoms with Gasteiger partial charge in [-0.05, 0) is 42.2 Å². The number of benzene rings is 2. The number of guanidine groups is 1. The Kier molecular flexibility index (Phi) is 10.7. The third kappa shape index (κ3) is 9.27. The van der Waals surface area contributed by atoms with Gasteiger partial charge in [0.05, 0.1) is 0 Å². The number of hydrogen-bond acceptors (Lipinski definition) is 6. The highest BCUT2D eigenvalue weighted by molar-refractivity contribution is 5.94. The molecule has 13 nitrogen and oxygen atoms in total. The predicted molar refractivity (Wildman–Crippen MR) is 153 cm³/mol. The number of carbonyl (C=O) groups is 4. The van der Waals surface area contributed by atoms with Gasteiger partial charge in [-0.15, -0.1) is 0 Å². The number of aromatic amines is 1. The number of aliphatic imine (C=N–C) groups is 1. The molecule has 3 atom stereocenters. The van der Waals surface area contributed by atoms with Crippen molar-refractivity contribution in [3.05, 3.63) is 65.9 Å². The molecule has 2 aromatic carbocycles. The second kappa shape index (κ2) is 14.4. The molecule has 0 aliphatic heterocycles. The Labute approximate surface area is 236 Å². The van der Waals surface area contributed by atoms with Crippen LogP contribution in [0.15, 0.2) is 59.7 Å². The number of nitrogens with one attached hydrogen (secondary N) is 4. The zero-order chi connectivity index (χ0) is 29.9. The maximum Gasteiger partial charge on any atom is 0.326 e. The molecule has 3 unspecified atom stereocenters. The summed E-state index contributed by atoms with van der Waals surface area (Å²) in [7, 11) is 0. The quantitative estimate of drug-likeness (QED) is 0.0767. The molecule has 0 radical (unpaired) electrons. The van der Waals surface area contributed by atoms with E-state index in [4.69, 9.17) is 11.5 Å². The van der Waals surface area contributed by atoms with E-state index in [0.717, 1.165) is 16.5 Å². The topological polar surface area (TPSA) is 225 Å². The van der Waals surface area contributed by atoms with E-state index in [2.05, 4.69) is 25.9 Å². The lowest BCUT2D eigenvalue weighted by molar-refractivity contribution is -0.142. The van der Waals surface area contributed by atoms with Gasteiger partial charge >= 0.3 is 5.97 Å². The van der Waals surface area contributed by atoms with Crippen molar-refractivity contribution in [2.75, 3.05) is 6.54 Å². The van der Waals surface area contributed by atoms with Crippen molar-refractivity contribution in [1.82, 2.24) is 20.9 Å². The molecular weight excluding hydrogens is 530 g/mol. The number of nitrogens with two attached hydrogens (primary N) is 2. The van der Waals surface area contributed by atoms with Crippen LogP contribution in [0.25, 0.3) is 10.9 Å². The number of carboxylic acids is 1. The van der Waals surface area contributed by atoms with Crippen molar-refractivity contribution in [2.45, 2.75) is 50.7 Å². The summed E-state index contributed by atoms with van der Waals surface area (Å²) < 4.78 is 0. The number of amides is 3. The number of H-pyrrole nitrogens is 1. The number of aromatic hydroxyl groups is 1. The van der Waals surface area contributed by atoms with Crippen molar-refractivity contribution in [1.29, 1.82) is 0 Å². The Morgan fingerprint density at radius 3 is 2.22 bits per heavy atom. The number of aliphatic carboxylic acids is 1. The normalized spacial score (nSPS) is 13.0. The number of para-hydroxylation sites is 1. The molecule has 0 aliphatic rings. The third-order valence-electron chi connectivity index (χ3n) is 6.36. The molecule has 0 fully saturated rings. The van der Waals surface area contributed by atoms with E-state index in [0.29, 0.717) is 12.0 Å². The molecular formula is C28H35N7O6. The monoisotopic (exact) mass is 565 g/mol. The minimum Gasteiger partial charge on any atom is -0.508 e. The number of fused-ring (bicyclic) bond motifs is 1. The highest BCUT2D eigenvalue weighted by Crippen LogP contribution is 2.19. The van der Waals surface area contributed by atoms with Gasteiger partial charge in [0.25, 0.3) is 0 Å². The minimum absolute atomic E-state index is 0.0228. The van der Waals surface area contributed by atoms with Crippen LogP contribution in [-0.4, -0.2) is 69.5 Å². The van der Waals surface area contributed by atoms with Crippen molar-refractivity contribution in [3.63, 3.8) is 0 Å². The van der Waals surface area contributed by atoms with Gasteiger partial charge in [-0.3, -0.25) is 19.4 Å². The molecule has 218 valence electrons. The lowest BCUT2D eigenvalue weighted by Crippen LogP contribution is -2.56. The first-order valence-electron chi connectivity index (χ1n) is 13.0. The van der Waals surface area contributed by atoms with E-state index in [1.165, 1.54) is 19.1 Å². The number of carboxylic acid groups (broad SMARTS) is 1. The fraction of sp³-hybridized carbons (Fsp3) is 0.321. The Hall–Kier alpha value is -5.07. The maximum atomic E-state index is 13.4. The summed E-state index contributed by atoms with van der Waals surface area (Å²) in [6.45, 7) is 1.47. The van der Waals surface area contributed by atoms with Gasteiger partial charge < -0.3 is 42.6 Å². The van der Waals surface area contributed by atoms with Gasteiger partial charge in [0.2, 0.25) is 17.7 Å². The van der Waals surface area contributed by atoms with E-state index >= 15 is 0 Å². The fourth-order valence-electron chi connectivity index (χ4n) is 4.36. The van der Waals surface area contributed by atoms with E-state index in [-0.39, 0.29) is 37.5 Å².